The molecule has 0 aromatic heterocycles. The lowest BCUT2D eigenvalue weighted by Crippen LogP contribution is -2.10. The molecule has 0 saturated carbocycles. The normalized spacial score (nSPS) is 11.0. The van der Waals surface area contributed by atoms with Gasteiger partial charge in [-0.05, 0) is 28.1 Å². The van der Waals surface area contributed by atoms with Crippen molar-refractivity contribution in [1.82, 2.24) is 0 Å². The van der Waals surface area contributed by atoms with E-state index in [-0.39, 0.29) is 23.6 Å². The maximum atomic E-state index is 13.4. The summed E-state index contributed by atoms with van der Waals surface area (Å²) < 4.78 is 41.8. The minimum Gasteiger partial charge on any atom is -0.375 e. The van der Waals surface area contributed by atoms with Gasteiger partial charge in [-0.1, -0.05) is 11.6 Å². The van der Waals surface area contributed by atoms with Crippen LogP contribution in [0, 0.1) is 5.82 Å². The van der Waals surface area contributed by atoms with Gasteiger partial charge in [0, 0.05) is 10.9 Å². The van der Waals surface area contributed by atoms with Gasteiger partial charge in [0.15, 0.2) is 5.78 Å². The van der Waals surface area contributed by atoms with E-state index in [1.165, 1.54) is 6.07 Å². The third-order valence-corrected chi connectivity index (χ3v) is 3.22. The van der Waals surface area contributed by atoms with Crippen molar-refractivity contribution < 1.29 is 22.7 Å². The van der Waals surface area contributed by atoms with E-state index in [0.29, 0.717) is 4.47 Å². The summed E-state index contributed by atoms with van der Waals surface area (Å²) in [5.74, 6) is -1.26. The van der Waals surface area contributed by atoms with Gasteiger partial charge in [0.1, 0.15) is 12.4 Å². The molecule has 0 aliphatic rings. The lowest BCUT2D eigenvalue weighted by molar-refractivity contribution is 0.0169. The van der Waals surface area contributed by atoms with Crippen molar-refractivity contribution in [1.29, 1.82) is 0 Å². The summed E-state index contributed by atoms with van der Waals surface area (Å²) in [5.41, 5.74) is -0.177. The topological polar surface area (TPSA) is 26.3 Å². The summed E-state index contributed by atoms with van der Waals surface area (Å²) in [6.07, 6.45) is -2.76. The Balaban J connectivity index is 2.59. The Bertz CT molecular complexity index is 441. The minimum atomic E-state index is -2.58. The molecule has 18 heavy (non-hydrogen) atoms. The van der Waals surface area contributed by atoms with Crippen LogP contribution in [0.1, 0.15) is 16.8 Å². The zero-order chi connectivity index (χ0) is 13.7. The van der Waals surface area contributed by atoms with Crippen molar-refractivity contribution in [3.8, 4) is 0 Å². The maximum Gasteiger partial charge on any atom is 0.261 e. The quantitative estimate of drug-likeness (QED) is 0.441. The fourth-order valence-electron chi connectivity index (χ4n) is 1.21. The standard InChI is InChI=1S/C11H9BrClF3O2/c12-7-4-9(14)6(3-8(7)13)10(17)1-2-18-5-11(15)16/h3-4,11H,1-2,5H2. The number of ether oxygens (including phenoxy) is 1. The fraction of sp³-hybridized carbons (Fsp3) is 0.364. The number of hydrogen-bond acceptors (Lipinski definition) is 2. The first kappa shape index (κ1) is 15.5. The molecule has 1 aromatic carbocycles. The zero-order valence-electron chi connectivity index (χ0n) is 9.06. The first-order chi connectivity index (χ1) is 8.41. The fourth-order valence-corrected chi connectivity index (χ4v) is 1.69. The van der Waals surface area contributed by atoms with Crippen LogP contribution in [0.25, 0.3) is 0 Å². The Labute approximate surface area is 115 Å². The lowest BCUT2D eigenvalue weighted by Gasteiger charge is -2.06. The number of hydrogen-bond donors (Lipinski definition) is 0. The SMILES string of the molecule is O=C(CCOCC(F)F)c1cc(Cl)c(Br)cc1F. The van der Waals surface area contributed by atoms with E-state index in [2.05, 4.69) is 20.7 Å². The highest BCUT2D eigenvalue weighted by atomic mass is 79.9. The van der Waals surface area contributed by atoms with Crippen LogP contribution in [0.2, 0.25) is 5.02 Å². The number of alkyl halides is 2. The molecule has 0 heterocycles. The molecule has 1 aromatic rings. The highest BCUT2D eigenvalue weighted by Gasteiger charge is 2.14. The van der Waals surface area contributed by atoms with Gasteiger partial charge in [-0.2, -0.15) is 0 Å². The first-order valence-electron chi connectivity index (χ1n) is 4.95. The van der Waals surface area contributed by atoms with Gasteiger partial charge < -0.3 is 4.74 Å². The smallest absolute Gasteiger partial charge is 0.261 e. The number of Topliss-reactive ketones (excluding diaryl/α,β-unsaturated/α-hetero) is 1. The highest BCUT2D eigenvalue weighted by molar-refractivity contribution is 9.10. The van der Waals surface area contributed by atoms with Crippen molar-refractivity contribution in [2.45, 2.75) is 12.8 Å². The monoisotopic (exact) mass is 344 g/mol. The largest absolute Gasteiger partial charge is 0.375 e. The molecule has 0 amide bonds. The molecule has 0 aliphatic heterocycles. The predicted molar refractivity (Wildman–Crippen MR) is 64.9 cm³/mol. The van der Waals surface area contributed by atoms with Crippen LogP contribution in [-0.4, -0.2) is 25.4 Å². The average molecular weight is 346 g/mol. The van der Waals surface area contributed by atoms with Gasteiger partial charge in [-0.3, -0.25) is 4.79 Å². The molecule has 0 bridgehead atoms. The number of rotatable bonds is 6. The third kappa shape index (κ3) is 4.59. The van der Waals surface area contributed by atoms with E-state index in [9.17, 15) is 18.0 Å². The van der Waals surface area contributed by atoms with Crippen LogP contribution in [-0.2, 0) is 4.74 Å². The maximum absolute atomic E-state index is 13.4. The molecule has 0 atom stereocenters. The molecule has 0 aliphatic carbocycles. The van der Waals surface area contributed by atoms with Gasteiger partial charge in [0.2, 0.25) is 0 Å². The second-order valence-electron chi connectivity index (χ2n) is 3.39. The van der Waals surface area contributed by atoms with Crippen LogP contribution in [0.4, 0.5) is 13.2 Å². The van der Waals surface area contributed by atoms with Crippen LogP contribution in [0.15, 0.2) is 16.6 Å². The van der Waals surface area contributed by atoms with E-state index >= 15 is 0 Å². The Kier molecular flexibility index (Phi) is 6.11. The minimum absolute atomic E-state index is 0.177. The predicted octanol–water partition coefficient (Wildman–Crippen LogP) is 4.10. The Morgan fingerprint density at radius 1 is 1.44 bits per heavy atom. The molecular formula is C11H9BrClF3O2. The van der Waals surface area contributed by atoms with Gasteiger partial charge >= 0.3 is 0 Å². The van der Waals surface area contributed by atoms with Crippen LogP contribution >= 0.6 is 27.5 Å². The molecule has 7 heteroatoms. The molecule has 0 unspecified atom stereocenters. The molecule has 100 valence electrons. The summed E-state index contributed by atoms with van der Waals surface area (Å²) in [6, 6.07) is 2.27. The van der Waals surface area contributed by atoms with Gasteiger partial charge in [0.25, 0.3) is 6.43 Å². The van der Waals surface area contributed by atoms with Crippen molar-refractivity contribution in [3.63, 3.8) is 0 Å². The van der Waals surface area contributed by atoms with Crippen molar-refractivity contribution in [2.75, 3.05) is 13.2 Å². The Morgan fingerprint density at radius 2 is 2.11 bits per heavy atom. The molecule has 0 radical (unpaired) electrons. The third-order valence-electron chi connectivity index (χ3n) is 2.03. The zero-order valence-corrected chi connectivity index (χ0v) is 11.4. The lowest BCUT2D eigenvalue weighted by atomic mass is 10.1. The number of ketones is 1. The summed E-state index contributed by atoms with van der Waals surface area (Å²) in [7, 11) is 0. The van der Waals surface area contributed by atoms with Crippen LogP contribution in [0.3, 0.4) is 0 Å². The highest BCUT2D eigenvalue weighted by Crippen LogP contribution is 2.26. The molecular weight excluding hydrogens is 336 g/mol. The van der Waals surface area contributed by atoms with Crippen molar-refractivity contribution in [2.24, 2.45) is 0 Å². The number of carbonyl (C=O) groups is 1. The summed E-state index contributed by atoms with van der Waals surface area (Å²) in [4.78, 5) is 11.6. The molecule has 2 nitrogen and oxygen atoms in total. The Morgan fingerprint density at radius 3 is 2.72 bits per heavy atom. The summed E-state index contributed by atoms with van der Waals surface area (Å²) in [5, 5.41) is 0.202. The van der Waals surface area contributed by atoms with E-state index in [0.717, 1.165) is 6.07 Å². The molecule has 1 rings (SSSR count). The van der Waals surface area contributed by atoms with Gasteiger partial charge in [0.05, 0.1) is 17.2 Å². The number of halogens is 5. The summed E-state index contributed by atoms with van der Waals surface area (Å²) >= 11 is 8.75. The number of carbonyl (C=O) groups excluding carboxylic acids is 1. The van der Waals surface area contributed by atoms with Crippen molar-refractivity contribution >= 4 is 33.3 Å². The van der Waals surface area contributed by atoms with Gasteiger partial charge in [-0.15, -0.1) is 0 Å². The average Bonchev–Trinajstić information content (AvgIpc) is 2.28. The molecule has 0 saturated heterocycles. The van der Waals surface area contributed by atoms with E-state index in [1.807, 2.05) is 0 Å². The summed E-state index contributed by atoms with van der Waals surface area (Å²) in [6.45, 7) is -0.923. The van der Waals surface area contributed by atoms with Crippen LogP contribution in [0.5, 0.6) is 0 Å². The second-order valence-corrected chi connectivity index (χ2v) is 4.65. The molecule has 0 fully saturated rings. The first-order valence-corrected chi connectivity index (χ1v) is 6.12. The van der Waals surface area contributed by atoms with Gasteiger partial charge in [-0.25, -0.2) is 13.2 Å². The second kappa shape index (κ2) is 7.11. The molecule has 0 spiro atoms. The van der Waals surface area contributed by atoms with E-state index in [1.54, 1.807) is 0 Å². The van der Waals surface area contributed by atoms with Crippen molar-refractivity contribution in [3.05, 3.63) is 33.0 Å². The molecule has 0 N–H and O–H groups in total. The Hall–Kier alpha value is -0.590. The number of benzene rings is 1. The van der Waals surface area contributed by atoms with E-state index < -0.39 is 24.6 Å². The van der Waals surface area contributed by atoms with Crippen LogP contribution < -0.4 is 0 Å². The van der Waals surface area contributed by atoms with E-state index in [4.69, 9.17) is 11.6 Å².